The first-order valence-electron chi connectivity index (χ1n) is 12.7. The van der Waals surface area contributed by atoms with Crippen LogP contribution in [0.2, 0.25) is 0 Å². The van der Waals surface area contributed by atoms with Gasteiger partial charge in [-0.3, -0.25) is 14.5 Å². The fraction of sp³-hybridized carbons (Fsp3) is 0.200. The number of benzene rings is 3. The van der Waals surface area contributed by atoms with Gasteiger partial charge < -0.3 is 4.74 Å². The zero-order chi connectivity index (χ0) is 29.4. The molecular weight excluding hydrogens is 581 g/mol. The summed E-state index contributed by atoms with van der Waals surface area (Å²) in [5.74, 6) is 0.456. The second-order valence-electron chi connectivity index (χ2n) is 10.2. The van der Waals surface area contributed by atoms with Crippen LogP contribution in [0.4, 0.5) is 5.69 Å². The van der Waals surface area contributed by atoms with E-state index in [1.54, 1.807) is 37.4 Å². The van der Waals surface area contributed by atoms with Crippen molar-refractivity contribution in [3.63, 3.8) is 0 Å². The maximum atomic E-state index is 13.4. The summed E-state index contributed by atoms with van der Waals surface area (Å²) in [6.07, 6.45) is 0.768. The number of Topliss-reactive ketones (excluding diaryl/α,β-unsaturated/α-hetero) is 1. The third-order valence-electron chi connectivity index (χ3n) is 6.59. The molecule has 0 saturated carbocycles. The van der Waals surface area contributed by atoms with Crippen LogP contribution in [0.15, 0.2) is 103 Å². The highest BCUT2D eigenvalue weighted by atomic mass is 32.3. The highest BCUT2D eigenvalue weighted by molar-refractivity contribution is 7.96. The molecule has 0 bridgehead atoms. The van der Waals surface area contributed by atoms with Crippen molar-refractivity contribution in [2.24, 2.45) is 4.99 Å². The third-order valence-corrected chi connectivity index (χ3v) is 11.8. The second kappa shape index (κ2) is 10.9. The number of hydrogen-bond donors (Lipinski definition) is 1. The molecule has 2 heterocycles. The summed E-state index contributed by atoms with van der Waals surface area (Å²) in [6, 6.07) is 22.3. The molecule has 1 aliphatic rings. The van der Waals surface area contributed by atoms with E-state index in [0.717, 1.165) is 17.5 Å². The predicted molar refractivity (Wildman–Crippen MR) is 160 cm³/mol. The number of carbonyl (C=O) groups is 1. The number of nitrogens with one attached hydrogen (secondary N) is 1. The Morgan fingerprint density at radius 1 is 0.927 bits per heavy atom. The second-order valence-corrected chi connectivity index (χ2v) is 15.4. The van der Waals surface area contributed by atoms with E-state index in [-0.39, 0.29) is 36.7 Å². The number of thiophene rings is 1. The number of nitrogens with zero attached hydrogens (tertiary/aromatic N) is 1. The van der Waals surface area contributed by atoms with Crippen molar-refractivity contribution in [1.29, 1.82) is 0 Å². The summed E-state index contributed by atoms with van der Waals surface area (Å²) in [5.41, 5.74) is 2.73. The fourth-order valence-corrected chi connectivity index (χ4v) is 8.93. The average molecular weight is 609 g/mol. The van der Waals surface area contributed by atoms with Crippen molar-refractivity contribution in [3.8, 4) is 5.75 Å². The minimum Gasteiger partial charge on any atom is -0.497 e. The van der Waals surface area contributed by atoms with E-state index in [2.05, 4.69) is 4.72 Å². The van der Waals surface area contributed by atoms with Crippen molar-refractivity contribution in [2.45, 2.75) is 45.5 Å². The molecule has 0 amide bonds. The molecule has 11 heteroatoms. The van der Waals surface area contributed by atoms with Gasteiger partial charge >= 0.3 is 0 Å². The van der Waals surface area contributed by atoms with Gasteiger partial charge in [-0.25, -0.2) is 16.8 Å². The number of anilines is 1. The quantitative estimate of drug-likeness (QED) is 0.240. The summed E-state index contributed by atoms with van der Waals surface area (Å²) in [7, 11) is -6.38. The number of ketones is 1. The highest BCUT2D eigenvalue weighted by Crippen LogP contribution is 2.33. The first-order chi connectivity index (χ1) is 19.4. The number of carbonyl (C=O) groups excluding carboxylic acids is 1. The van der Waals surface area contributed by atoms with Crippen molar-refractivity contribution >= 4 is 48.4 Å². The maximum Gasteiger partial charge on any atom is 0.271 e. The molecule has 41 heavy (non-hydrogen) atoms. The van der Waals surface area contributed by atoms with E-state index < -0.39 is 19.9 Å². The number of fused-ring (bicyclic) bond motifs is 1. The Morgan fingerprint density at radius 2 is 1.66 bits per heavy atom. The first-order valence-corrected chi connectivity index (χ1v) is 16.5. The van der Waals surface area contributed by atoms with Crippen molar-refractivity contribution in [2.75, 3.05) is 11.8 Å². The summed E-state index contributed by atoms with van der Waals surface area (Å²) < 4.78 is 59.7. The lowest BCUT2D eigenvalue weighted by atomic mass is 9.85. The Hall–Kier alpha value is -3.80. The van der Waals surface area contributed by atoms with Gasteiger partial charge in [0.1, 0.15) is 14.2 Å². The van der Waals surface area contributed by atoms with Gasteiger partial charge in [-0.2, -0.15) is 0 Å². The minimum atomic E-state index is -4.11. The zero-order valence-electron chi connectivity index (χ0n) is 22.6. The van der Waals surface area contributed by atoms with Gasteiger partial charge in [0.15, 0.2) is 5.78 Å². The third kappa shape index (κ3) is 6.12. The minimum absolute atomic E-state index is 0.0332. The summed E-state index contributed by atoms with van der Waals surface area (Å²) in [6.45, 7) is 4.03. The molecule has 3 aromatic carbocycles. The van der Waals surface area contributed by atoms with Gasteiger partial charge in [-0.05, 0) is 74.4 Å². The fourth-order valence-electron chi connectivity index (χ4n) is 4.69. The van der Waals surface area contributed by atoms with Gasteiger partial charge in [0.25, 0.3) is 10.0 Å². The number of rotatable bonds is 9. The standard InChI is InChI=1S/C30H28N2O6S3/c1-30(2)19-21-12-13-23(38-3)17-25(21)26(31-30)18-27(33)20-8-7-9-22(16-20)32-41(36,37)29-15-14-28(39-29)40(34,35)24-10-5-4-6-11-24/h4-17,32H,18-19H2,1-3H3. The average Bonchev–Trinajstić information content (AvgIpc) is 3.45. The molecule has 0 spiro atoms. The van der Waals surface area contributed by atoms with Crippen molar-refractivity contribution in [1.82, 2.24) is 0 Å². The highest BCUT2D eigenvalue weighted by Gasteiger charge is 2.29. The molecule has 4 aromatic rings. The molecular formula is C30H28N2O6S3. The monoisotopic (exact) mass is 608 g/mol. The van der Waals surface area contributed by atoms with E-state index in [0.29, 0.717) is 28.4 Å². The Kier molecular flexibility index (Phi) is 7.62. The molecule has 1 N–H and O–H groups in total. The maximum absolute atomic E-state index is 13.4. The number of ether oxygens (including phenoxy) is 1. The SMILES string of the molecule is COc1ccc2c(c1)C(CC(=O)c1cccc(NS(=O)(=O)c3ccc(S(=O)(=O)c4ccccc4)s3)c1)=NC(C)(C)C2. The molecule has 1 aromatic heterocycles. The van der Waals surface area contributed by atoms with Crippen LogP contribution in [0.5, 0.6) is 5.75 Å². The van der Waals surface area contributed by atoms with Crippen LogP contribution in [0.1, 0.15) is 41.8 Å². The normalized spacial score (nSPS) is 14.6. The lowest BCUT2D eigenvalue weighted by Gasteiger charge is -2.29. The van der Waals surface area contributed by atoms with Crippen molar-refractivity contribution < 1.29 is 26.4 Å². The molecule has 8 nitrogen and oxygen atoms in total. The van der Waals surface area contributed by atoms with Crippen LogP contribution in [-0.4, -0.2) is 41.0 Å². The lowest BCUT2D eigenvalue weighted by Crippen LogP contribution is -2.30. The van der Waals surface area contributed by atoms with E-state index in [1.807, 2.05) is 32.0 Å². The smallest absolute Gasteiger partial charge is 0.271 e. The Bertz CT molecular complexity index is 1880. The molecule has 0 fully saturated rings. The number of methoxy groups -OCH3 is 1. The van der Waals surface area contributed by atoms with Crippen LogP contribution in [-0.2, 0) is 26.3 Å². The number of sulfone groups is 1. The molecule has 1 aliphatic heterocycles. The largest absolute Gasteiger partial charge is 0.497 e. The molecule has 0 saturated heterocycles. The van der Waals surface area contributed by atoms with Gasteiger partial charge in [-0.1, -0.05) is 36.4 Å². The van der Waals surface area contributed by atoms with Gasteiger partial charge in [-0.15, -0.1) is 11.3 Å². The van der Waals surface area contributed by atoms with Crippen molar-refractivity contribution in [3.05, 3.63) is 102 Å². The van der Waals surface area contributed by atoms with Crippen LogP contribution in [0, 0.1) is 0 Å². The number of sulfonamides is 1. The van der Waals surface area contributed by atoms with Gasteiger partial charge in [0, 0.05) is 16.8 Å². The van der Waals surface area contributed by atoms with E-state index in [4.69, 9.17) is 9.73 Å². The predicted octanol–water partition coefficient (Wildman–Crippen LogP) is 5.79. The Labute approximate surface area is 243 Å². The lowest BCUT2D eigenvalue weighted by molar-refractivity contribution is 0.100. The summed E-state index contributed by atoms with van der Waals surface area (Å²) in [4.78, 5) is 18.3. The molecule has 0 radical (unpaired) electrons. The molecule has 0 aliphatic carbocycles. The van der Waals surface area contributed by atoms with Crippen LogP contribution < -0.4 is 9.46 Å². The van der Waals surface area contributed by atoms with E-state index in [1.165, 1.54) is 36.4 Å². The van der Waals surface area contributed by atoms with Crippen LogP contribution >= 0.6 is 11.3 Å². The van der Waals surface area contributed by atoms with Gasteiger partial charge in [0.2, 0.25) is 9.84 Å². The van der Waals surface area contributed by atoms with Crippen LogP contribution in [0.25, 0.3) is 0 Å². The van der Waals surface area contributed by atoms with E-state index >= 15 is 0 Å². The molecule has 212 valence electrons. The topological polar surface area (TPSA) is 119 Å². The van der Waals surface area contributed by atoms with Gasteiger partial charge in [0.05, 0.1) is 29.7 Å². The van der Waals surface area contributed by atoms with Crippen LogP contribution in [0.3, 0.4) is 0 Å². The van der Waals surface area contributed by atoms with E-state index in [9.17, 15) is 21.6 Å². The number of aliphatic imine (C=N–C) groups is 1. The Morgan fingerprint density at radius 3 is 2.39 bits per heavy atom. The summed E-state index contributed by atoms with van der Waals surface area (Å²) >= 11 is 0.660. The molecule has 0 unspecified atom stereocenters. The summed E-state index contributed by atoms with van der Waals surface area (Å²) in [5, 5.41) is 0. The Balaban J connectivity index is 1.36. The molecule has 0 atom stereocenters. The molecule has 5 rings (SSSR count). The number of hydrogen-bond acceptors (Lipinski definition) is 8. The zero-order valence-corrected chi connectivity index (χ0v) is 25.1. The first kappa shape index (κ1) is 28.7.